The average molecular weight is 433 g/mol. The molecule has 0 aliphatic heterocycles. The van der Waals surface area contributed by atoms with Gasteiger partial charge in [-0.05, 0) is 39.2 Å². The third-order valence-electron chi connectivity index (χ3n) is 4.14. The minimum absolute atomic E-state index is 0.127. The molecule has 0 fully saturated rings. The SMILES string of the molecule is CC(NC(=O)C(N)CCC(=O)O)C(=O)NC(CO)C(=O)NC(CCCCN)C(=O)O. The predicted molar refractivity (Wildman–Crippen MR) is 104 cm³/mol. The van der Waals surface area contributed by atoms with Gasteiger partial charge < -0.3 is 42.7 Å². The molecule has 3 amide bonds. The number of aliphatic hydroxyl groups excluding tert-OH is 1. The van der Waals surface area contributed by atoms with Crippen LogP contribution in [0.1, 0.15) is 39.0 Å². The van der Waals surface area contributed by atoms with Crippen LogP contribution in [0.5, 0.6) is 0 Å². The summed E-state index contributed by atoms with van der Waals surface area (Å²) < 4.78 is 0. The summed E-state index contributed by atoms with van der Waals surface area (Å²) in [5, 5.41) is 33.9. The van der Waals surface area contributed by atoms with Crippen LogP contribution in [0.2, 0.25) is 0 Å². The fourth-order valence-electron chi connectivity index (χ4n) is 2.31. The van der Waals surface area contributed by atoms with E-state index in [-0.39, 0.29) is 19.3 Å². The standard InChI is InChI=1S/C17H31N5O8/c1-9(20-15(27)10(19)5-6-13(24)25)14(26)22-12(8-23)16(28)21-11(17(29)30)4-2-3-7-18/h9-12,23H,2-8,18-19H2,1H3,(H,20,27)(H,21,28)(H,22,26)(H,24,25)(H,29,30). The second kappa shape index (κ2) is 14.3. The molecule has 10 N–H and O–H groups in total. The second-order valence-corrected chi connectivity index (χ2v) is 6.70. The van der Waals surface area contributed by atoms with E-state index < -0.39 is 60.4 Å². The van der Waals surface area contributed by atoms with Crippen LogP contribution in [0.3, 0.4) is 0 Å². The van der Waals surface area contributed by atoms with Gasteiger partial charge in [0.25, 0.3) is 0 Å². The van der Waals surface area contributed by atoms with Crippen LogP contribution in [-0.4, -0.2) is 82.3 Å². The lowest BCUT2D eigenvalue weighted by molar-refractivity contribution is -0.143. The van der Waals surface area contributed by atoms with E-state index in [4.69, 9.17) is 16.6 Å². The number of carboxylic acids is 2. The number of nitrogens with one attached hydrogen (secondary N) is 3. The Morgan fingerprint density at radius 3 is 1.97 bits per heavy atom. The Balaban J connectivity index is 4.75. The Labute approximate surface area is 173 Å². The summed E-state index contributed by atoms with van der Waals surface area (Å²) >= 11 is 0. The molecular weight excluding hydrogens is 402 g/mol. The van der Waals surface area contributed by atoms with Crippen LogP contribution in [0.4, 0.5) is 0 Å². The monoisotopic (exact) mass is 433 g/mol. The van der Waals surface area contributed by atoms with E-state index in [1.807, 2.05) is 0 Å². The number of amides is 3. The molecule has 4 unspecified atom stereocenters. The van der Waals surface area contributed by atoms with Crippen LogP contribution in [0.15, 0.2) is 0 Å². The lowest BCUT2D eigenvalue weighted by atomic mass is 10.1. The van der Waals surface area contributed by atoms with E-state index in [0.717, 1.165) is 0 Å². The van der Waals surface area contributed by atoms with Gasteiger partial charge in [0.05, 0.1) is 12.6 Å². The normalized spacial score (nSPS) is 14.7. The zero-order valence-corrected chi connectivity index (χ0v) is 16.8. The van der Waals surface area contributed by atoms with Crippen LogP contribution < -0.4 is 27.4 Å². The number of aliphatic carboxylic acids is 2. The summed E-state index contributed by atoms with van der Waals surface area (Å²) in [6.07, 6.45) is 0.724. The number of hydrogen-bond donors (Lipinski definition) is 8. The highest BCUT2D eigenvalue weighted by Gasteiger charge is 2.28. The third-order valence-corrected chi connectivity index (χ3v) is 4.14. The second-order valence-electron chi connectivity index (χ2n) is 6.70. The number of carboxylic acid groups (broad SMARTS) is 2. The van der Waals surface area contributed by atoms with Crippen LogP contribution in [0, 0.1) is 0 Å². The molecular formula is C17H31N5O8. The highest BCUT2D eigenvalue weighted by atomic mass is 16.4. The number of hydrogen-bond acceptors (Lipinski definition) is 8. The molecule has 0 spiro atoms. The predicted octanol–water partition coefficient (Wildman–Crippen LogP) is -3.14. The average Bonchev–Trinajstić information content (AvgIpc) is 2.68. The lowest BCUT2D eigenvalue weighted by Gasteiger charge is -2.22. The third kappa shape index (κ3) is 10.7. The van der Waals surface area contributed by atoms with Crippen LogP contribution in [-0.2, 0) is 24.0 Å². The molecule has 0 saturated carbocycles. The molecule has 172 valence electrons. The van der Waals surface area contributed by atoms with Gasteiger partial charge in [0.2, 0.25) is 17.7 Å². The van der Waals surface area contributed by atoms with Crippen molar-refractivity contribution in [3.05, 3.63) is 0 Å². The summed E-state index contributed by atoms with van der Waals surface area (Å²) in [6.45, 7) is 0.876. The first kappa shape index (κ1) is 27.2. The van der Waals surface area contributed by atoms with Gasteiger partial charge in [-0.25, -0.2) is 4.79 Å². The smallest absolute Gasteiger partial charge is 0.326 e. The Hall–Kier alpha value is -2.77. The fourth-order valence-corrected chi connectivity index (χ4v) is 2.31. The fraction of sp³-hybridized carbons (Fsp3) is 0.706. The highest BCUT2D eigenvalue weighted by Crippen LogP contribution is 2.02. The van der Waals surface area contributed by atoms with E-state index in [1.165, 1.54) is 6.92 Å². The number of aliphatic hydroxyl groups is 1. The van der Waals surface area contributed by atoms with Crippen molar-refractivity contribution in [3.63, 3.8) is 0 Å². The van der Waals surface area contributed by atoms with E-state index in [9.17, 15) is 34.2 Å². The van der Waals surface area contributed by atoms with E-state index >= 15 is 0 Å². The molecule has 0 aliphatic rings. The highest BCUT2D eigenvalue weighted by molar-refractivity contribution is 5.94. The summed E-state index contributed by atoms with van der Waals surface area (Å²) in [7, 11) is 0. The maximum absolute atomic E-state index is 12.2. The number of unbranched alkanes of at least 4 members (excludes halogenated alkanes) is 1. The van der Waals surface area contributed by atoms with Crippen molar-refractivity contribution in [1.29, 1.82) is 0 Å². The van der Waals surface area contributed by atoms with Crippen molar-refractivity contribution < 1.29 is 39.3 Å². The van der Waals surface area contributed by atoms with Crippen molar-refractivity contribution in [2.75, 3.05) is 13.2 Å². The Morgan fingerprint density at radius 1 is 0.867 bits per heavy atom. The van der Waals surface area contributed by atoms with Gasteiger partial charge in [-0.1, -0.05) is 0 Å². The minimum Gasteiger partial charge on any atom is -0.481 e. The first-order valence-corrected chi connectivity index (χ1v) is 9.45. The zero-order chi connectivity index (χ0) is 23.3. The van der Waals surface area contributed by atoms with Gasteiger partial charge >= 0.3 is 11.9 Å². The van der Waals surface area contributed by atoms with Crippen molar-refractivity contribution in [1.82, 2.24) is 16.0 Å². The van der Waals surface area contributed by atoms with Crippen molar-refractivity contribution in [3.8, 4) is 0 Å². The zero-order valence-electron chi connectivity index (χ0n) is 16.8. The summed E-state index contributed by atoms with van der Waals surface area (Å²) in [6, 6.07) is -4.93. The molecule has 0 aromatic heterocycles. The molecule has 13 heteroatoms. The summed E-state index contributed by atoms with van der Waals surface area (Å²) in [5.41, 5.74) is 10.9. The molecule has 0 heterocycles. The largest absolute Gasteiger partial charge is 0.481 e. The molecule has 0 aromatic rings. The van der Waals surface area contributed by atoms with Crippen LogP contribution >= 0.6 is 0 Å². The van der Waals surface area contributed by atoms with E-state index in [1.54, 1.807) is 0 Å². The van der Waals surface area contributed by atoms with Crippen molar-refractivity contribution >= 4 is 29.7 Å². The number of carbonyl (C=O) groups excluding carboxylic acids is 3. The topological polar surface area (TPSA) is 234 Å². The maximum Gasteiger partial charge on any atom is 0.326 e. The molecule has 0 aromatic carbocycles. The Bertz CT molecular complexity index is 615. The molecule has 30 heavy (non-hydrogen) atoms. The molecule has 0 saturated heterocycles. The Kier molecular flexibility index (Phi) is 12.9. The minimum atomic E-state index is -1.44. The van der Waals surface area contributed by atoms with Crippen molar-refractivity contribution in [2.24, 2.45) is 11.5 Å². The molecule has 13 nitrogen and oxygen atoms in total. The van der Waals surface area contributed by atoms with E-state index in [2.05, 4.69) is 16.0 Å². The quantitative estimate of drug-likeness (QED) is 0.121. The molecule has 0 bridgehead atoms. The summed E-state index contributed by atoms with van der Waals surface area (Å²) in [5.74, 6) is -4.86. The number of carbonyl (C=O) groups is 5. The molecule has 4 atom stereocenters. The van der Waals surface area contributed by atoms with Crippen LogP contribution in [0.25, 0.3) is 0 Å². The molecule has 0 rings (SSSR count). The lowest BCUT2D eigenvalue weighted by Crippen LogP contribution is -2.57. The maximum atomic E-state index is 12.2. The van der Waals surface area contributed by atoms with Gasteiger partial charge in [0.15, 0.2) is 0 Å². The van der Waals surface area contributed by atoms with Gasteiger partial charge in [-0.3, -0.25) is 19.2 Å². The van der Waals surface area contributed by atoms with E-state index in [0.29, 0.717) is 19.4 Å². The van der Waals surface area contributed by atoms with Gasteiger partial charge in [-0.15, -0.1) is 0 Å². The van der Waals surface area contributed by atoms with Gasteiger partial charge in [0.1, 0.15) is 18.1 Å². The first-order valence-electron chi connectivity index (χ1n) is 9.45. The summed E-state index contributed by atoms with van der Waals surface area (Å²) in [4.78, 5) is 58.1. The molecule has 0 aliphatic carbocycles. The number of rotatable bonds is 15. The van der Waals surface area contributed by atoms with Gasteiger partial charge in [-0.2, -0.15) is 0 Å². The Morgan fingerprint density at radius 2 is 1.47 bits per heavy atom. The molecule has 0 radical (unpaired) electrons. The van der Waals surface area contributed by atoms with Gasteiger partial charge in [0, 0.05) is 6.42 Å². The first-order chi connectivity index (χ1) is 14.0. The van der Waals surface area contributed by atoms with Crippen molar-refractivity contribution in [2.45, 2.75) is 63.2 Å². The number of nitrogens with two attached hydrogens (primary N) is 2.